The first kappa shape index (κ1) is 15.9. The Kier molecular flexibility index (Phi) is 4.65. The molecule has 21 heavy (non-hydrogen) atoms. The molecule has 0 saturated carbocycles. The van der Waals surface area contributed by atoms with E-state index in [1.165, 1.54) is 6.07 Å². The Hall–Kier alpha value is -1.44. The van der Waals surface area contributed by atoms with Gasteiger partial charge in [0.25, 0.3) is 0 Å². The smallest absolute Gasteiger partial charge is 0.250 e. The fourth-order valence-corrected chi connectivity index (χ4v) is 3.05. The highest BCUT2D eigenvalue weighted by atomic mass is 32.2. The summed E-state index contributed by atoms with van der Waals surface area (Å²) in [6.07, 6.45) is 0. The molecule has 1 aromatic rings. The zero-order valence-corrected chi connectivity index (χ0v) is 13.0. The summed E-state index contributed by atoms with van der Waals surface area (Å²) in [5.41, 5.74) is -0.0170. The summed E-state index contributed by atoms with van der Waals surface area (Å²) in [7, 11) is -3.38. The summed E-state index contributed by atoms with van der Waals surface area (Å²) in [6, 6.07) is 6.39. The highest BCUT2D eigenvalue weighted by molar-refractivity contribution is 7.91. The summed E-state index contributed by atoms with van der Waals surface area (Å²) in [4.78, 5) is 12.1. The van der Waals surface area contributed by atoms with Crippen LogP contribution in [0.15, 0.2) is 29.2 Å². The van der Waals surface area contributed by atoms with Gasteiger partial charge in [-0.2, -0.15) is 0 Å². The van der Waals surface area contributed by atoms with Crippen LogP contribution in [-0.4, -0.2) is 45.4 Å². The second-order valence-electron chi connectivity index (χ2n) is 5.29. The number of anilines is 1. The molecule has 1 amide bonds. The van der Waals surface area contributed by atoms with Crippen molar-refractivity contribution in [1.82, 2.24) is 5.32 Å². The third kappa shape index (κ3) is 3.81. The minimum atomic E-state index is -3.38. The Morgan fingerprint density at radius 3 is 2.62 bits per heavy atom. The lowest BCUT2D eigenvalue weighted by molar-refractivity contribution is -0.130. The minimum absolute atomic E-state index is 0.0138. The third-order valence-corrected chi connectivity index (χ3v) is 5.21. The van der Waals surface area contributed by atoms with Crippen LogP contribution >= 0.6 is 0 Å². The Labute approximate surface area is 124 Å². The quantitative estimate of drug-likeness (QED) is 0.811. The molecule has 0 aliphatic carbocycles. The van der Waals surface area contributed by atoms with Gasteiger partial charge in [0.1, 0.15) is 6.61 Å². The van der Waals surface area contributed by atoms with E-state index in [4.69, 9.17) is 4.74 Å². The molecule has 6 nitrogen and oxygen atoms in total. The van der Waals surface area contributed by atoms with E-state index in [9.17, 15) is 13.2 Å². The maximum Gasteiger partial charge on any atom is 0.250 e. The van der Waals surface area contributed by atoms with E-state index in [1.807, 2.05) is 6.92 Å². The van der Waals surface area contributed by atoms with Crippen LogP contribution in [0.2, 0.25) is 0 Å². The van der Waals surface area contributed by atoms with E-state index in [0.717, 1.165) is 0 Å². The monoisotopic (exact) mass is 312 g/mol. The molecule has 1 aliphatic heterocycles. The van der Waals surface area contributed by atoms with Gasteiger partial charge in [-0.25, -0.2) is 8.42 Å². The SMILES string of the molecule is CCS(=O)(=O)c1ccccc1NC(=O)COC1(C)CNC1. The number of hydrogen-bond acceptors (Lipinski definition) is 5. The average molecular weight is 312 g/mol. The van der Waals surface area contributed by atoms with Gasteiger partial charge in [0, 0.05) is 13.1 Å². The summed E-state index contributed by atoms with van der Waals surface area (Å²) in [6.45, 7) is 4.81. The largest absolute Gasteiger partial charge is 0.363 e. The maximum absolute atomic E-state index is 12.0. The Bertz CT molecular complexity index is 624. The standard InChI is InChI=1S/C14H20N2O4S/c1-3-21(18,19)12-7-5-4-6-11(12)16-13(17)8-20-14(2)9-15-10-14/h4-7,15H,3,8-10H2,1-2H3,(H,16,17). The first-order valence-corrected chi connectivity index (χ1v) is 8.48. The van der Waals surface area contributed by atoms with E-state index in [1.54, 1.807) is 25.1 Å². The average Bonchev–Trinajstić information content (AvgIpc) is 2.43. The number of amides is 1. The van der Waals surface area contributed by atoms with Crippen molar-refractivity contribution in [3.05, 3.63) is 24.3 Å². The molecule has 0 spiro atoms. The second-order valence-corrected chi connectivity index (χ2v) is 7.54. The van der Waals surface area contributed by atoms with Crippen LogP contribution in [0.5, 0.6) is 0 Å². The molecule has 0 aromatic heterocycles. The van der Waals surface area contributed by atoms with Crippen molar-refractivity contribution in [2.45, 2.75) is 24.3 Å². The van der Waals surface area contributed by atoms with Crippen molar-refractivity contribution in [1.29, 1.82) is 0 Å². The zero-order chi connectivity index (χ0) is 15.5. The maximum atomic E-state index is 12.0. The van der Waals surface area contributed by atoms with Crippen LogP contribution in [0, 0.1) is 0 Å². The number of benzene rings is 1. The van der Waals surface area contributed by atoms with Crippen LogP contribution in [0.1, 0.15) is 13.8 Å². The number of ether oxygens (including phenoxy) is 1. The fraction of sp³-hybridized carbons (Fsp3) is 0.500. The molecule has 2 rings (SSSR count). The van der Waals surface area contributed by atoms with Crippen molar-refractivity contribution in [3.63, 3.8) is 0 Å². The number of rotatable bonds is 6. The van der Waals surface area contributed by atoms with Gasteiger partial charge < -0.3 is 15.4 Å². The zero-order valence-electron chi connectivity index (χ0n) is 12.2. The summed E-state index contributed by atoms with van der Waals surface area (Å²) >= 11 is 0. The minimum Gasteiger partial charge on any atom is -0.363 e. The van der Waals surface area contributed by atoms with Crippen molar-refractivity contribution < 1.29 is 17.9 Å². The lowest BCUT2D eigenvalue weighted by Crippen LogP contribution is -2.59. The van der Waals surface area contributed by atoms with Crippen LogP contribution in [-0.2, 0) is 19.4 Å². The molecule has 0 unspecified atom stereocenters. The van der Waals surface area contributed by atoms with Gasteiger partial charge in [-0.05, 0) is 19.1 Å². The van der Waals surface area contributed by atoms with Crippen LogP contribution < -0.4 is 10.6 Å². The topological polar surface area (TPSA) is 84.5 Å². The second kappa shape index (κ2) is 6.13. The number of para-hydroxylation sites is 1. The molecule has 1 aliphatic rings. The predicted molar refractivity (Wildman–Crippen MR) is 80.0 cm³/mol. The first-order chi connectivity index (χ1) is 9.86. The van der Waals surface area contributed by atoms with Gasteiger partial charge in [-0.3, -0.25) is 4.79 Å². The van der Waals surface area contributed by atoms with Crippen molar-refractivity contribution in [2.24, 2.45) is 0 Å². The normalized spacial score (nSPS) is 17.0. The van der Waals surface area contributed by atoms with Gasteiger partial charge >= 0.3 is 0 Å². The molecule has 1 heterocycles. The summed E-state index contributed by atoms with van der Waals surface area (Å²) < 4.78 is 29.5. The van der Waals surface area contributed by atoms with Gasteiger partial charge in [-0.1, -0.05) is 19.1 Å². The Morgan fingerprint density at radius 2 is 2.05 bits per heavy atom. The van der Waals surface area contributed by atoms with Gasteiger partial charge in [0.2, 0.25) is 5.91 Å². The van der Waals surface area contributed by atoms with Crippen LogP contribution in [0.3, 0.4) is 0 Å². The Balaban J connectivity index is 2.04. The van der Waals surface area contributed by atoms with E-state index in [-0.39, 0.29) is 28.8 Å². The molecule has 0 radical (unpaired) electrons. The number of sulfone groups is 1. The van der Waals surface area contributed by atoms with Crippen LogP contribution in [0.4, 0.5) is 5.69 Å². The van der Waals surface area contributed by atoms with Crippen LogP contribution in [0.25, 0.3) is 0 Å². The molecule has 0 atom stereocenters. The summed E-state index contributed by atoms with van der Waals surface area (Å²) in [5.74, 6) is -0.373. The van der Waals surface area contributed by atoms with Gasteiger partial charge in [-0.15, -0.1) is 0 Å². The number of carbonyl (C=O) groups excluding carboxylic acids is 1. The molecular weight excluding hydrogens is 292 g/mol. The number of nitrogens with one attached hydrogen (secondary N) is 2. The highest BCUT2D eigenvalue weighted by Crippen LogP contribution is 2.22. The molecular formula is C14H20N2O4S. The highest BCUT2D eigenvalue weighted by Gasteiger charge is 2.33. The van der Waals surface area contributed by atoms with Gasteiger partial charge in [0.05, 0.1) is 21.9 Å². The predicted octanol–water partition coefficient (Wildman–Crippen LogP) is 0.797. The van der Waals surface area contributed by atoms with Crippen molar-refractivity contribution in [2.75, 3.05) is 30.8 Å². The lowest BCUT2D eigenvalue weighted by Gasteiger charge is -2.38. The Morgan fingerprint density at radius 1 is 1.38 bits per heavy atom. The van der Waals surface area contributed by atoms with E-state index < -0.39 is 9.84 Å². The lowest BCUT2D eigenvalue weighted by atomic mass is 10.0. The summed E-state index contributed by atoms with van der Waals surface area (Å²) in [5, 5.41) is 5.68. The van der Waals surface area contributed by atoms with E-state index in [0.29, 0.717) is 18.8 Å². The number of carbonyl (C=O) groups is 1. The van der Waals surface area contributed by atoms with E-state index in [2.05, 4.69) is 10.6 Å². The molecule has 116 valence electrons. The number of hydrogen-bond donors (Lipinski definition) is 2. The van der Waals surface area contributed by atoms with Crippen molar-refractivity contribution >= 4 is 21.4 Å². The fourth-order valence-electron chi connectivity index (χ4n) is 2.00. The molecule has 1 fully saturated rings. The van der Waals surface area contributed by atoms with Crippen molar-refractivity contribution in [3.8, 4) is 0 Å². The van der Waals surface area contributed by atoms with Gasteiger partial charge in [0.15, 0.2) is 9.84 Å². The van der Waals surface area contributed by atoms with E-state index >= 15 is 0 Å². The first-order valence-electron chi connectivity index (χ1n) is 6.83. The molecule has 2 N–H and O–H groups in total. The molecule has 1 saturated heterocycles. The molecule has 7 heteroatoms. The third-order valence-electron chi connectivity index (χ3n) is 3.43. The molecule has 0 bridgehead atoms. The molecule has 1 aromatic carbocycles.